The molecule has 2 atom stereocenters. The summed E-state index contributed by atoms with van der Waals surface area (Å²) in [6.45, 7) is 4.34. The van der Waals surface area contributed by atoms with Crippen LogP contribution in [0.5, 0.6) is 0 Å². The maximum absolute atomic E-state index is 11.5. The largest absolute Gasteiger partial charge is 1.00 e. The van der Waals surface area contributed by atoms with Crippen LogP contribution in [0.4, 0.5) is 0 Å². The van der Waals surface area contributed by atoms with Crippen LogP contribution in [0.1, 0.15) is 136 Å². The van der Waals surface area contributed by atoms with Crippen molar-refractivity contribution in [1.82, 2.24) is 0 Å². The Morgan fingerprint density at radius 2 is 0.931 bits per heavy atom. The zero-order chi connectivity index (χ0) is 21.1. The molecule has 0 saturated carbocycles. The first kappa shape index (κ1) is 32.7. The Bertz CT molecular complexity index is 429. The molecule has 6 heteroatoms. The standard InChI is InChI=1S/C23H48O4S.K/c1-3-5-7-9-10-11-12-13-14-15-16-17-18-20-22(24)23(28(25,26)27)21-19-8-6-4-2;/h22-24H,3-21H2,1-2H3,(H,25,26,27);/q;+1/p-1. The minimum absolute atomic E-state index is 0. The Balaban J connectivity index is 0. The van der Waals surface area contributed by atoms with Gasteiger partial charge in [-0.2, -0.15) is 0 Å². The van der Waals surface area contributed by atoms with E-state index in [1.165, 1.54) is 64.2 Å². The van der Waals surface area contributed by atoms with Crippen molar-refractivity contribution < 1.29 is 69.5 Å². The second-order valence-corrected chi connectivity index (χ2v) is 10.1. The third-order valence-corrected chi connectivity index (χ3v) is 7.04. The third-order valence-electron chi connectivity index (χ3n) is 5.75. The number of rotatable bonds is 21. The first-order chi connectivity index (χ1) is 13.4. The molecule has 29 heavy (non-hydrogen) atoms. The van der Waals surface area contributed by atoms with Crippen LogP contribution in [0.15, 0.2) is 0 Å². The molecule has 170 valence electrons. The first-order valence-electron chi connectivity index (χ1n) is 12.1. The molecule has 1 N–H and O–H groups in total. The molecule has 2 unspecified atom stereocenters. The molecule has 0 heterocycles. The van der Waals surface area contributed by atoms with E-state index in [0.717, 1.165) is 38.5 Å². The van der Waals surface area contributed by atoms with Crippen molar-refractivity contribution in [3.8, 4) is 0 Å². The zero-order valence-corrected chi connectivity index (χ0v) is 23.6. The van der Waals surface area contributed by atoms with Crippen LogP contribution in [0.3, 0.4) is 0 Å². The summed E-state index contributed by atoms with van der Waals surface area (Å²) < 4.78 is 34.4. The number of aliphatic hydroxyl groups is 1. The minimum Gasteiger partial charge on any atom is -0.748 e. The van der Waals surface area contributed by atoms with Gasteiger partial charge in [0.1, 0.15) is 10.1 Å². The van der Waals surface area contributed by atoms with Crippen LogP contribution in [0, 0.1) is 0 Å². The summed E-state index contributed by atoms with van der Waals surface area (Å²) >= 11 is 0. The second kappa shape index (κ2) is 22.7. The van der Waals surface area contributed by atoms with Gasteiger partial charge >= 0.3 is 51.4 Å². The molecule has 0 aromatic carbocycles. The number of unbranched alkanes of at least 4 members (excludes halogenated alkanes) is 15. The normalized spacial score (nSPS) is 13.8. The molecule has 0 amide bonds. The fourth-order valence-corrected chi connectivity index (χ4v) is 4.83. The van der Waals surface area contributed by atoms with Crippen LogP contribution in [-0.2, 0) is 10.1 Å². The summed E-state index contributed by atoms with van der Waals surface area (Å²) in [4.78, 5) is 0. The van der Waals surface area contributed by atoms with Gasteiger partial charge < -0.3 is 9.66 Å². The molecular weight excluding hydrogens is 411 g/mol. The van der Waals surface area contributed by atoms with Crippen molar-refractivity contribution in [3.63, 3.8) is 0 Å². The van der Waals surface area contributed by atoms with Crippen LogP contribution in [-0.4, -0.2) is 29.4 Å². The maximum atomic E-state index is 11.5. The SMILES string of the molecule is CCCCCCCCCCCCCCCC(O)C(CCCCCC)S(=O)(=O)[O-].[K+]. The van der Waals surface area contributed by atoms with Crippen molar-refractivity contribution in [2.75, 3.05) is 0 Å². The first-order valence-corrected chi connectivity index (χ1v) is 13.5. The maximum Gasteiger partial charge on any atom is 1.00 e. The van der Waals surface area contributed by atoms with E-state index in [-0.39, 0.29) is 51.4 Å². The van der Waals surface area contributed by atoms with E-state index in [0.29, 0.717) is 19.3 Å². The molecule has 0 aromatic rings. The van der Waals surface area contributed by atoms with Crippen LogP contribution >= 0.6 is 0 Å². The van der Waals surface area contributed by atoms with Gasteiger partial charge in [-0.1, -0.05) is 123 Å². The van der Waals surface area contributed by atoms with Crippen molar-refractivity contribution in [2.24, 2.45) is 0 Å². The van der Waals surface area contributed by atoms with E-state index >= 15 is 0 Å². The average Bonchev–Trinajstić information content (AvgIpc) is 2.64. The summed E-state index contributed by atoms with van der Waals surface area (Å²) in [6, 6.07) is 0. The Morgan fingerprint density at radius 3 is 1.31 bits per heavy atom. The number of aliphatic hydroxyl groups excluding tert-OH is 1. The van der Waals surface area contributed by atoms with Gasteiger partial charge in [0.25, 0.3) is 0 Å². The predicted octanol–water partition coefficient (Wildman–Crippen LogP) is 3.72. The van der Waals surface area contributed by atoms with E-state index in [2.05, 4.69) is 13.8 Å². The Labute approximate surface area is 224 Å². The number of hydrogen-bond donors (Lipinski definition) is 1. The molecule has 0 saturated heterocycles. The van der Waals surface area contributed by atoms with Crippen molar-refractivity contribution >= 4 is 10.1 Å². The van der Waals surface area contributed by atoms with Crippen LogP contribution in [0.2, 0.25) is 0 Å². The molecule has 0 aliphatic rings. The molecule has 0 radical (unpaired) electrons. The summed E-state index contributed by atoms with van der Waals surface area (Å²) in [5.41, 5.74) is 0. The van der Waals surface area contributed by atoms with Crippen molar-refractivity contribution in [3.05, 3.63) is 0 Å². The van der Waals surface area contributed by atoms with E-state index < -0.39 is 21.5 Å². The fraction of sp³-hybridized carbons (Fsp3) is 1.00. The molecule has 0 aliphatic heterocycles. The Hall–Kier alpha value is 1.51. The van der Waals surface area contributed by atoms with Gasteiger partial charge in [-0.3, -0.25) is 0 Å². The molecule has 0 spiro atoms. The van der Waals surface area contributed by atoms with E-state index in [9.17, 15) is 18.1 Å². The monoisotopic (exact) mass is 458 g/mol. The second-order valence-electron chi connectivity index (χ2n) is 8.48. The Kier molecular flexibility index (Phi) is 25.6. The minimum atomic E-state index is -4.42. The van der Waals surface area contributed by atoms with Gasteiger partial charge in [0.15, 0.2) is 0 Å². The topological polar surface area (TPSA) is 77.4 Å². The van der Waals surface area contributed by atoms with Crippen molar-refractivity contribution in [1.29, 1.82) is 0 Å². The molecule has 0 bridgehead atoms. The molecule has 0 fully saturated rings. The van der Waals surface area contributed by atoms with Gasteiger partial charge in [-0.25, -0.2) is 8.42 Å². The van der Waals surface area contributed by atoms with Crippen molar-refractivity contribution in [2.45, 2.75) is 147 Å². The molecule has 4 nitrogen and oxygen atoms in total. The molecular formula is C23H47KO4S. The zero-order valence-electron chi connectivity index (χ0n) is 19.7. The molecule has 0 aliphatic carbocycles. The third kappa shape index (κ3) is 21.1. The van der Waals surface area contributed by atoms with Gasteiger partial charge in [-0.05, 0) is 12.8 Å². The molecule has 0 aromatic heterocycles. The van der Waals surface area contributed by atoms with Crippen LogP contribution in [0.25, 0.3) is 0 Å². The van der Waals surface area contributed by atoms with E-state index in [1.54, 1.807) is 0 Å². The summed E-state index contributed by atoms with van der Waals surface area (Å²) in [7, 11) is -4.42. The van der Waals surface area contributed by atoms with Gasteiger partial charge in [0.2, 0.25) is 0 Å². The Morgan fingerprint density at radius 1 is 0.621 bits per heavy atom. The van der Waals surface area contributed by atoms with E-state index in [1.807, 2.05) is 0 Å². The summed E-state index contributed by atoms with van der Waals surface area (Å²) in [5.74, 6) is 0. The quantitative estimate of drug-likeness (QED) is 0.162. The van der Waals surface area contributed by atoms with Gasteiger partial charge in [-0.15, -0.1) is 0 Å². The summed E-state index contributed by atoms with van der Waals surface area (Å²) in [5, 5.41) is 9.08. The van der Waals surface area contributed by atoms with Crippen LogP contribution < -0.4 is 51.4 Å². The smallest absolute Gasteiger partial charge is 0.748 e. The predicted molar refractivity (Wildman–Crippen MR) is 119 cm³/mol. The van der Waals surface area contributed by atoms with Gasteiger partial charge in [0, 0.05) is 0 Å². The average molecular weight is 459 g/mol. The van der Waals surface area contributed by atoms with Gasteiger partial charge in [0.05, 0.1) is 11.4 Å². The molecule has 0 rings (SSSR count). The fourth-order valence-electron chi connectivity index (χ4n) is 3.86. The summed E-state index contributed by atoms with van der Waals surface area (Å²) in [6.07, 6.45) is 19.7. The number of hydrogen-bond acceptors (Lipinski definition) is 4. The van der Waals surface area contributed by atoms with E-state index in [4.69, 9.17) is 0 Å².